The molecule has 0 atom stereocenters. The summed E-state index contributed by atoms with van der Waals surface area (Å²) in [6.45, 7) is 3.79. The van der Waals surface area contributed by atoms with E-state index < -0.39 is 0 Å². The minimum Gasteiger partial charge on any atom is -0.436 e. The SMILES string of the molecule is C=Cc1cc(-c2nc3ccccc3o2)ccc1Br. The Morgan fingerprint density at radius 2 is 2.00 bits per heavy atom. The maximum absolute atomic E-state index is 5.73. The molecule has 0 aliphatic rings. The third kappa shape index (κ3) is 1.87. The molecular weight excluding hydrogens is 290 g/mol. The van der Waals surface area contributed by atoms with E-state index in [9.17, 15) is 0 Å². The van der Waals surface area contributed by atoms with Crippen LogP contribution in [0.2, 0.25) is 0 Å². The van der Waals surface area contributed by atoms with Crippen LogP contribution < -0.4 is 0 Å². The lowest BCUT2D eigenvalue weighted by atomic mass is 10.1. The molecule has 0 amide bonds. The van der Waals surface area contributed by atoms with Gasteiger partial charge in [-0.2, -0.15) is 0 Å². The molecule has 0 bridgehead atoms. The first-order chi connectivity index (χ1) is 8.78. The number of benzene rings is 2. The summed E-state index contributed by atoms with van der Waals surface area (Å²) in [5.74, 6) is 0.631. The number of hydrogen-bond acceptors (Lipinski definition) is 2. The zero-order valence-corrected chi connectivity index (χ0v) is 11.1. The molecular formula is C15H10BrNO. The van der Waals surface area contributed by atoms with Crippen molar-refractivity contribution in [3.05, 3.63) is 59.1 Å². The van der Waals surface area contributed by atoms with E-state index >= 15 is 0 Å². The van der Waals surface area contributed by atoms with Gasteiger partial charge in [0, 0.05) is 10.0 Å². The molecule has 0 spiro atoms. The van der Waals surface area contributed by atoms with Gasteiger partial charge < -0.3 is 4.42 Å². The van der Waals surface area contributed by atoms with E-state index in [2.05, 4.69) is 27.5 Å². The summed E-state index contributed by atoms with van der Waals surface area (Å²) in [4.78, 5) is 4.47. The normalized spacial score (nSPS) is 10.7. The van der Waals surface area contributed by atoms with E-state index in [0.717, 1.165) is 26.7 Å². The zero-order valence-electron chi connectivity index (χ0n) is 9.56. The van der Waals surface area contributed by atoms with Crippen molar-refractivity contribution in [2.45, 2.75) is 0 Å². The van der Waals surface area contributed by atoms with Gasteiger partial charge in [0.05, 0.1) is 0 Å². The van der Waals surface area contributed by atoms with Gasteiger partial charge in [-0.15, -0.1) is 0 Å². The molecule has 0 saturated carbocycles. The molecule has 0 radical (unpaired) electrons. The third-order valence-corrected chi connectivity index (χ3v) is 3.48. The summed E-state index contributed by atoms with van der Waals surface area (Å²) in [6.07, 6.45) is 1.80. The van der Waals surface area contributed by atoms with Crippen molar-refractivity contribution in [2.75, 3.05) is 0 Å². The minimum absolute atomic E-state index is 0.631. The van der Waals surface area contributed by atoms with Crippen LogP contribution in [0.25, 0.3) is 28.6 Å². The highest BCUT2D eigenvalue weighted by molar-refractivity contribution is 9.10. The van der Waals surface area contributed by atoms with Crippen molar-refractivity contribution in [1.29, 1.82) is 0 Å². The number of hydrogen-bond donors (Lipinski definition) is 0. The van der Waals surface area contributed by atoms with Gasteiger partial charge in [0.1, 0.15) is 5.52 Å². The molecule has 2 aromatic carbocycles. The molecule has 1 heterocycles. The van der Waals surface area contributed by atoms with Gasteiger partial charge >= 0.3 is 0 Å². The molecule has 2 nitrogen and oxygen atoms in total. The third-order valence-electron chi connectivity index (χ3n) is 2.76. The van der Waals surface area contributed by atoms with Crippen LogP contribution in [0.15, 0.2) is 57.9 Å². The zero-order chi connectivity index (χ0) is 12.5. The van der Waals surface area contributed by atoms with Gasteiger partial charge in [0.2, 0.25) is 5.89 Å². The summed E-state index contributed by atoms with van der Waals surface area (Å²) >= 11 is 3.48. The number of aromatic nitrogens is 1. The summed E-state index contributed by atoms with van der Waals surface area (Å²) in [7, 11) is 0. The second kappa shape index (κ2) is 4.42. The Morgan fingerprint density at radius 1 is 1.17 bits per heavy atom. The smallest absolute Gasteiger partial charge is 0.227 e. The van der Waals surface area contributed by atoms with Crippen LogP contribution in [0.1, 0.15) is 5.56 Å². The molecule has 0 aliphatic carbocycles. The number of nitrogens with zero attached hydrogens (tertiary/aromatic N) is 1. The highest BCUT2D eigenvalue weighted by Gasteiger charge is 2.08. The topological polar surface area (TPSA) is 26.0 Å². The standard InChI is InChI=1S/C15H10BrNO/c1-2-10-9-11(7-8-12(10)16)15-17-13-5-3-4-6-14(13)18-15/h2-9H,1H2. The number of fused-ring (bicyclic) bond motifs is 1. The van der Waals surface area contributed by atoms with Crippen LogP contribution in [0, 0.1) is 0 Å². The van der Waals surface area contributed by atoms with Gasteiger partial charge in [-0.05, 0) is 35.9 Å². The van der Waals surface area contributed by atoms with E-state index in [1.165, 1.54) is 0 Å². The highest BCUT2D eigenvalue weighted by Crippen LogP contribution is 2.28. The molecule has 3 heteroatoms. The Balaban J connectivity index is 2.16. The Labute approximate surface area is 113 Å². The van der Waals surface area contributed by atoms with Crippen LogP contribution in [0.3, 0.4) is 0 Å². The van der Waals surface area contributed by atoms with Crippen molar-refractivity contribution in [3.63, 3.8) is 0 Å². The molecule has 1 aromatic heterocycles. The fraction of sp³-hybridized carbons (Fsp3) is 0. The molecule has 0 saturated heterocycles. The van der Waals surface area contributed by atoms with Crippen LogP contribution in [0.5, 0.6) is 0 Å². The predicted octanol–water partition coefficient (Wildman–Crippen LogP) is 4.90. The Hall–Kier alpha value is -1.87. The van der Waals surface area contributed by atoms with E-state index in [1.54, 1.807) is 6.08 Å². The van der Waals surface area contributed by atoms with Gasteiger partial charge in [-0.25, -0.2) is 4.98 Å². The fourth-order valence-corrected chi connectivity index (χ4v) is 2.24. The first kappa shape index (κ1) is 11.2. The van der Waals surface area contributed by atoms with E-state index in [1.807, 2.05) is 42.5 Å². The largest absolute Gasteiger partial charge is 0.436 e. The first-order valence-corrected chi connectivity index (χ1v) is 6.35. The quantitative estimate of drug-likeness (QED) is 0.672. The molecule has 3 rings (SSSR count). The summed E-state index contributed by atoms with van der Waals surface area (Å²) in [5.41, 5.74) is 3.64. The molecule has 18 heavy (non-hydrogen) atoms. The number of halogens is 1. The summed E-state index contributed by atoms with van der Waals surface area (Å²) in [6, 6.07) is 13.7. The Bertz CT molecular complexity index is 697. The van der Waals surface area contributed by atoms with Gasteiger partial charge in [0.15, 0.2) is 5.58 Å². The molecule has 3 aromatic rings. The number of rotatable bonds is 2. The first-order valence-electron chi connectivity index (χ1n) is 5.56. The molecule has 0 unspecified atom stereocenters. The second-order valence-corrected chi connectivity index (χ2v) is 4.78. The van der Waals surface area contributed by atoms with Gasteiger partial charge in [-0.3, -0.25) is 0 Å². The average Bonchev–Trinajstić information content (AvgIpc) is 2.83. The highest BCUT2D eigenvalue weighted by atomic mass is 79.9. The van der Waals surface area contributed by atoms with E-state index in [0.29, 0.717) is 5.89 Å². The van der Waals surface area contributed by atoms with Crippen molar-refractivity contribution < 1.29 is 4.42 Å². The lowest BCUT2D eigenvalue weighted by molar-refractivity contribution is 0.620. The monoisotopic (exact) mass is 299 g/mol. The van der Waals surface area contributed by atoms with Crippen LogP contribution in [-0.2, 0) is 0 Å². The van der Waals surface area contributed by atoms with Crippen molar-refractivity contribution in [1.82, 2.24) is 4.98 Å². The lowest BCUT2D eigenvalue weighted by Crippen LogP contribution is -1.80. The maximum Gasteiger partial charge on any atom is 0.227 e. The molecule has 0 N–H and O–H groups in total. The molecule has 0 aliphatic heterocycles. The second-order valence-electron chi connectivity index (χ2n) is 3.93. The number of para-hydroxylation sites is 2. The van der Waals surface area contributed by atoms with Crippen LogP contribution >= 0.6 is 15.9 Å². The fourth-order valence-electron chi connectivity index (χ4n) is 1.83. The van der Waals surface area contributed by atoms with Crippen LogP contribution in [-0.4, -0.2) is 4.98 Å². The molecule has 0 fully saturated rings. The van der Waals surface area contributed by atoms with Crippen molar-refractivity contribution in [3.8, 4) is 11.5 Å². The van der Waals surface area contributed by atoms with Crippen LogP contribution in [0.4, 0.5) is 0 Å². The average molecular weight is 300 g/mol. The minimum atomic E-state index is 0.631. The van der Waals surface area contributed by atoms with Gasteiger partial charge in [0.25, 0.3) is 0 Å². The predicted molar refractivity (Wildman–Crippen MR) is 77.2 cm³/mol. The van der Waals surface area contributed by atoms with Crippen molar-refractivity contribution in [2.24, 2.45) is 0 Å². The van der Waals surface area contributed by atoms with Crippen molar-refractivity contribution >= 4 is 33.1 Å². The maximum atomic E-state index is 5.73. The summed E-state index contributed by atoms with van der Waals surface area (Å²) < 4.78 is 6.74. The van der Waals surface area contributed by atoms with Gasteiger partial charge in [-0.1, -0.05) is 40.7 Å². The number of oxazole rings is 1. The molecule has 88 valence electrons. The summed E-state index contributed by atoms with van der Waals surface area (Å²) in [5, 5.41) is 0. The Morgan fingerprint density at radius 3 is 2.78 bits per heavy atom. The Kier molecular flexibility index (Phi) is 2.76. The lowest BCUT2D eigenvalue weighted by Gasteiger charge is -2.00. The van der Waals surface area contributed by atoms with E-state index in [-0.39, 0.29) is 0 Å². The van der Waals surface area contributed by atoms with E-state index in [4.69, 9.17) is 4.42 Å².